The quantitative estimate of drug-likeness (QED) is 0.867. The van der Waals surface area contributed by atoms with Crippen LogP contribution >= 0.6 is 0 Å². The van der Waals surface area contributed by atoms with Gasteiger partial charge in [0.1, 0.15) is 0 Å². The number of hydrogen-bond acceptors (Lipinski definition) is 3. The summed E-state index contributed by atoms with van der Waals surface area (Å²) in [6.07, 6.45) is 4.65. The van der Waals surface area contributed by atoms with Crippen molar-refractivity contribution in [3.63, 3.8) is 0 Å². The molecule has 1 heterocycles. The van der Waals surface area contributed by atoms with E-state index in [0.29, 0.717) is 31.4 Å². The van der Waals surface area contributed by atoms with Crippen molar-refractivity contribution < 1.29 is 19.5 Å². The molecular formula is C18H22N2O4. The largest absolute Gasteiger partial charge is 0.481 e. The number of hydrogen-bond donors (Lipinski definition) is 2. The number of carboxylic acids is 1. The highest BCUT2D eigenvalue weighted by Gasteiger charge is 2.37. The van der Waals surface area contributed by atoms with Gasteiger partial charge in [0, 0.05) is 24.2 Å². The van der Waals surface area contributed by atoms with E-state index in [-0.39, 0.29) is 18.2 Å². The summed E-state index contributed by atoms with van der Waals surface area (Å²) in [4.78, 5) is 37.1. The average Bonchev–Trinajstić information content (AvgIpc) is 3.16. The van der Waals surface area contributed by atoms with Gasteiger partial charge in [-0.2, -0.15) is 0 Å². The molecule has 6 heteroatoms. The second-order valence-electron chi connectivity index (χ2n) is 6.71. The lowest BCUT2D eigenvalue weighted by molar-refractivity contribution is -0.138. The smallest absolute Gasteiger partial charge is 0.305 e. The Kier molecular flexibility index (Phi) is 4.55. The van der Waals surface area contributed by atoms with Gasteiger partial charge in [0.25, 0.3) is 5.91 Å². The lowest BCUT2D eigenvalue weighted by Crippen LogP contribution is -2.47. The molecule has 128 valence electrons. The van der Waals surface area contributed by atoms with Crippen LogP contribution in [0.15, 0.2) is 24.3 Å². The van der Waals surface area contributed by atoms with E-state index in [1.165, 1.54) is 0 Å². The van der Waals surface area contributed by atoms with Crippen molar-refractivity contribution in [2.24, 2.45) is 0 Å². The van der Waals surface area contributed by atoms with Crippen molar-refractivity contribution in [3.05, 3.63) is 29.8 Å². The molecule has 2 N–H and O–H groups in total. The van der Waals surface area contributed by atoms with Crippen LogP contribution in [0.2, 0.25) is 0 Å². The predicted octanol–water partition coefficient (Wildman–Crippen LogP) is 2.33. The maximum absolute atomic E-state index is 12.5. The van der Waals surface area contributed by atoms with E-state index in [0.717, 1.165) is 24.9 Å². The van der Waals surface area contributed by atoms with Gasteiger partial charge < -0.3 is 15.3 Å². The SMILES string of the molecule is O=C(O)CC1(NC(=O)c2ccc(N3CCCC3=O)cc2)CCCC1. The number of carbonyl (C=O) groups excluding carboxylic acids is 2. The van der Waals surface area contributed by atoms with Gasteiger partial charge in [-0.1, -0.05) is 12.8 Å². The molecule has 0 atom stereocenters. The Bertz CT molecular complexity index is 647. The first-order valence-electron chi connectivity index (χ1n) is 8.44. The molecule has 1 aromatic carbocycles. The summed E-state index contributed by atoms with van der Waals surface area (Å²) in [5.74, 6) is -1.03. The van der Waals surface area contributed by atoms with Gasteiger partial charge in [0.2, 0.25) is 5.91 Å². The first-order valence-corrected chi connectivity index (χ1v) is 8.44. The van der Waals surface area contributed by atoms with Crippen LogP contribution < -0.4 is 10.2 Å². The van der Waals surface area contributed by atoms with Crippen LogP contribution in [0.4, 0.5) is 5.69 Å². The van der Waals surface area contributed by atoms with Crippen LogP contribution in [0.5, 0.6) is 0 Å². The molecule has 6 nitrogen and oxygen atoms in total. The fraction of sp³-hybridized carbons (Fsp3) is 0.500. The molecule has 1 saturated carbocycles. The van der Waals surface area contributed by atoms with Crippen LogP contribution in [-0.4, -0.2) is 35.0 Å². The van der Waals surface area contributed by atoms with Gasteiger partial charge in [-0.15, -0.1) is 0 Å². The standard InChI is InChI=1S/C18H22N2O4/c21-15-4-3-11-20(15)14-7-5-13(6-8-14)17(24)19-18(12-16(22)23)9-1-2-10-18/h5-8H,1-4,9-12H2,(H,19,24)(H,22,23). The highest BCUT2D eigenvalue weighted by Crippen LogP contribution is 2.33. The number of carboxylic acid groups (broad SMARTS) is 1. The Hall–Kier alpha value is -2.37. The molecule has 1 saturated heterocycles. The molecule has 1 aromatic rings. The number of nitrogens with zero attached hydrogens (tertiary/aromatic N) is 1. The minimum Gasteiger partial charge on any atom is -0.481 e. The van der Waals surface area contributed by atoms with E-state index in [2.05, 4.69) is 5.32 Å². The number of amides is 2. The molecule has 24 heavy (non-hydrogen) atoms. The Morgan fingerprint density at radius 3 is 2.33 bits per heavy atom. The highest BCUT2D eigenvalue weighted by atomic mass is 16.4. The van der Waals surface area contributed by atoms with Gasteiger partial charge in [0.05, 0.1) is 12.0 Å². The number of benzene rings is 1. The van der Waals surface area contributed by atoms with Crippen LogP contribution in [0.25, 0.3) is 0 Å². The normalized spacial score (nSPS) is 19.5. The van der Waals surface area contributed by atoms with Gasteiger partial charge in [-0.05, 0) is 43.5 Å². The van der Waals surface area contributed by atoms with Gasteiger partial charge in [0.15, 0.2) is 0 Å². The fourth-order valence-electron chi connectivity index (χ4n) is 3.71. The van der Waals surface area contributed by atoms with E-state index in [1.807, 2.05) is 0 Å². The van der Waals surface area contributed by atoms with Gasteiger partial charge in [-0.3, -0.25) is 14.4 Å². The summed E-state index contributed by atoms with van der Waals surface area (Å²) < 4.78 is 0. The maximum atomic E-state index is 12.5. The second-order valence-corrected chi connectivity index (χ2v) is 6.71. The Morgan fingerprint density at radius 1 is 1.12 bits per heavy atom. The maximum Gasteiger partial charge on any atom is 0.305 e. The van der Waals surface area contributed by atoms with Crippen LogP contribution in [0.1, 0.15) is 55.3 Å². The predicted molar refractivity (Wildman–Crippen MR) is 88.9 cm³/mol. The molecule has 2 amide bonds. The zero-order valence-corrected chi connectivity index (χ0v) is 13.6. The van der Waals surface area contributed by atoms with E-state index >= 15 is 0 Å². The first-order chi connectivity index (χ1) is 11.5. The molecule has 1 aliphatic heterocycles. The summed E-state index contributed by atoms with van der Waals surface area (Å²) in [6, 6.07) is 6.94. The first kappa shape index (κ1) is 16.5. The van der Waals surface area contributed by atoms with E-state index in [9.17, 15) is 14.4 Å². The van der Waals surface area contributed by atoms with Crippen LogP contribution in [-0.2, 0) is 9.59 Å². The summed E-state index contributed by atoms with van der Waals surface area (Å²) in [5.41, 5.74) is 0.657. The van der Waals surface area contributed by atoms with Crippen molar-refractivity contribution in [1.82, 2.24) is 5.32 Å². The third kappa shape index (κ3) is 3.42. The number of nitrogens with one attached hydrogen (secondary N) is 1. The number of anilines is 1. The average molecular weight is 330 g/mol. The number of carbonyl (C=O) groups is 3. The lowest BCUT2D eigenvalue weighted by Gasteiger charge is -2.28. The minimum atomic E-state index is -0.889. The highest BCUT2D eigenvalue weighted by molar-refractivity contribution is 5.98. The van der Waals surface area contributed by atoms with E-state index < -0.39 is 11.5 Å². The summed E-state index contributed by atoms with van der Waals surface area (Å²) in [5, 5.41) is 12.1. The van der Waals surface area contributed by atoms with Crippen LogP contribution in [0.3, 0.4) is 0 Å². The molecule has 2 fully saturated rings. The summed E-state index contributed by atoms with van der Waals surface area (Å²) in [7, 11) is 0. The van der Waals surface area contributed by atoms with Crippen molar-refractivity contribution in [3.8, 4) is 0 Å². The van der Waals surface area contributed by atoms with E-state index in [1.54, 1.807) is 29.2 Å². The molecule has 0 spiro atoms. The number of aliphatic carboxylic acids is 1. The number of rotatable bonds is 5. The van der Waals surface area contributed by atoms with Gasteiger partial charge in [-0.25, -0.2) is 0 Å². The summed E-state index contributed by atoms with van der Waals surface area (Å²) >= 11 is 0. The molecule has 0 radical (unpaired) electrons. The molecular weight excluding hydrogens is 308 g/mol. The molecule has 0 unspecified atom stereocenters. The second kappa shape index (κ2) is 6.63. The van der Waals surface area contributed by atoms with Crippen molar-refractivity contribution in [1.29, 1.82) is 0 Å². The molecule has 3 rings (SSSR count). The zero-order valence-electron chi connectivity index (χ0n) is 13.6. The summed E-state index contributed by atoms with van der Waals surface area (Å²) in [6.45, 7) is 0.714. The van der Waals surface area contributed by atoms with Crippen LogP contribution in [0, 0.1) is 0 Å². The Morgan fingerprint density at radius 2 is 1.79 bits per heavy atom. The fourth-order valence-corrected chi connectivity index (χ4v) is 3.71. The minimum absolute atomic E-state index is 0.0426. The van der Waals surface area contributed by atoms with Crippen molar-refractivity contribution in [2.75, 3.05) is 11.4 Å². The molecule has 2 aliphatic rings. The van der Waals surface area contributed by atoms with Gasteiger partial charge >= 0.3 is 5.97 Å². The van der Waals surface area contributed by atoms with Crippen molar-refractivity contribution >= 4 is 23.5 Å². The third-order valence-corrected chi connectivity index (χ3v) is 4.94. The van der Waals surface area contributed by atoms with Crippen molar-refractivity contribution in [2.45, 2.75) is 50.5 Å². The monoisotopic (exact) mass is 330 g/mol. The molecule has 0 bridgehead atoms. The lowest BCUT2D eigenvalue weighted by atomic mass is 9.92. The zero-order chi connectivity index (χ0) is 17.2. The molecule has 0 aromatic heterocycles. The third-order valence-electron chi connectivity index (χ3n) is 4.94. The Labute approximate surface area is 140 Å². The molecule has 1 aliphatic carbocycles. The Balaban J connectivity index is 1.70. The topological polar surface area (TPSA) is 86.7 Å². The van der Waals surface area contributed by atoms with E-state index in [4.69, 9.17) is 5.11 Å².